The number of benzene rings is 2. The minimum Gasteiger partial charge on any atom is -0.508 e. The fraction of sp³-hybridized carbons (Fsp3) is 0.250. The molecule has 1 heterocycles. The molecule has 10 nitrogen and oxygen atoms in total. The normalized spacial score (nSPS) is 11.7. The Kier molecular flexibility index (Phi) is 6.45. The molecule has 0 aliphatic heterocycles. The molecule has 0 unspecified atom stereocenters. The van der Waals surface area contributed by atoms with Crippen molar-refractivity contribution in [3.63, 3.8) is 0 Å². The maximum Gasteiger partial charge on any atom is 0.367 e. The van der Waals surface area contributed by atoms with Gasteiger partial charge in [0.2, 0.25) is 11.2 Å². The number of hydrogen-bond donors (Lipinski definition) is 4. The zero-order chi connectivity index (χ0) is 22.8. The Bertz CT molecular complexity index is 1210. The predicted molar refractivity (Wildman–Crippen MR) is 111 cm³/mol. The number of rotatable bonds is 8. The molecule has 3 rings (SSSR count). The van der Waals surface area contributed by atoms with Crippen molar-refractivity contribution in [3.05, 3.63) is 40.6 Å². The summed E-state index contributed by atoms with van der Waals surface area (Å²) in [5.41, 5.74) is -0.842. The highest BCUT2D eigenvalue weighted by Crippen LogP contribution is 2.48. The van der Waals surface area contributed by atoms with E-state index in [1.54, 1.807) is 13.8 Å². The van der Waals surface area contributed by atoms with Crippen LogP contribution in [0.5, 0.6) is 28.7 Å². The molecule has 0 atom stereocenters. The van der Waals surface area contributed by atoms with Gasteiger partial charge in [-0.2, -0.15) is 0 Å². The number of phenolic OH excluding ortho intramolecular Hbond substituents is 4. The molecule has 0 bridgehead atoms. The lowest BCUT2D eigenvalue weighted by atomic mass is 10.1. The fourth-order valence-electron chi connectivity index (χ4n) is 2.90. The molecule has 0 saturated heterocycles. The number of ether oxygens (including phenoxy) is 1. The van der Waals surface area contributed by atoms with Crippen molar-refractivity contribution in [3.8, 4) is 40.1 Å². The highest BCUT2D eigenvalue weighted by molar-refractivity contribution is 7.53. The van der Waals surface area contributed by atoms with Gasteiger partial charge in [-0.3, -0.25) is 9.36 Å². The molecule has 4 N–H and O–H groups in total. The van der Waals surface area contributed by atoms with Crippen molar-refractivity contribution in [2.45, 2.75) is 13.8 Å². The molecule has 3 aromatic rings. The van der Waals surface area contributed by atoms with Crippen LogP contribution in [-0.4, -0.2) is 40.0 Å². The number of hydrogen-bond acceptors (Lipinski definition) is 10. The lowest BCUT2D eigenvalue weighted by Crippen LogP contribution is -2.13. The molecular weight excluding hydrogens is 431 g/mol. The van der Waals surface area contributed by atoms with E-state index >= 15 is 0 Å². The largest absolute Gasteiger partial charge is 0.508 e. The first-order valence-corrected chi connectivity index (χ1v) is 11.0. The molecule has 166 valence electrons. The zero-order valence-corrected chi connectivity index (χ0v) is 17.6. The van der Waals surface area contributed by atoms with Gasteiger partial charge in [-0.25, -0.2) is 0 Å². The monoisotopic (exact) mass is 452 g/mol. The minimum absolute atomic E-state index is 0.0751. The van der Waals surface area contributed by atoms with E-state index in [-0.39, 0.29) is 41.3 Å². The zero-order valence-electron chi connectivity index (χ0n) is 16.7. The third-order valence-corrected chi connectivity index (χ3v) is 5.92. The van der Waals surface area contributed by atoms with Gasteiger partial charge in [0.15, 0.2) is 23.6 Å². The summed E-state index contributed by atoms with van der Waals surface area (Å²) in [6.07, 6.45) is -0.624. The second-order valence-corrected chi connectivity index (χ2v) is 8.35. The molecule has 2 aromatic carbocycles. The maximum atomic E-state index is 13.1. The van der Waals surface area contributed by atoms with E-state index in [2.05, 4.69) is 0 Å². The Morgan fingerprint density at radius 2 is 1.61 bits per heavy atom. The van der Waals surface area contributed by atoms with Crippen molar-refractivity contribution in [1.82, 2.24) is 0 Å². The van der Waals surface area contributed by atoms with Gasteiger partial charge in [-0.15, -0.1) is 0 Å². The van der Waals surface area contributed by atoms with Gasteiger partial charge < -0.3 is 38.6 Å². The first-order chi connectivity index (χ1) is 14.7. The van der Waals surface area contributed by atoms with Crippen molar-refractivity contribution in [2.24, 2.45) is 0 Å². The third kappa shape index (κ3) is 4.61. The van der Waals surface area contributed by atoms with E-state index in [4.69, 9.17) is 18.2 Å². The Morgan fingerprint density at radius 3 is 2.23 bits per heavy atom. The lowest BCUT2D eigenvalue weighted by molar-refractivity contribution is 0.196. The van der Waals surface area contributed by atoms with Crippen LogP contribution in [0.25, 0.3) is 22.3 Å². The van der Waals surface area contributed by atoms with Crippen LogP contribution in [0.15, 0.2) is 39.5 Å². The predicted octanol–water partition coefficient (Wildman–Crippen LogP) is 3.88. The van der Waals surface area contributed by atoms with Crippen LogP contribution in [0.1, 0.15) is 13.8 Å². The molecule has 0 radical (unpaired) electrons. The van der Waals surface area contributed by atoms with Crippen LogP contribution < -0.4 is 10.2 Å². The summed E-state index contributed by atoms with van der Waals surface area (Å²) in [4.78, 5) is 13.1. The Labute approximate surface area is 176 Å². The third-order valence-electron chi connectivity index (χ3n) is 4.17. The maximum absolute atomic E-state index is 13.1. The van der Waals surface area contributed by atoms with Crippen LogP contribution in [0.3, 0.4) is 0 Å². The van der Waals surface area contributed by atoms with E-state index < -0.39 is 42.4 Å². The second kappa shape index (κ2) is 8.89. The Balaban J connectivity index is 2.21. The topological polar surface area (TPSA) is 156 Å². The summed E-state index contributed by atoms with van der Waals surface area (Å²) in [6.45, 7) is 3.38. The molecule has 1 aromatic heterocycles. The molecule has 0 saturated carbocycles. The SMILES string of the molecule is CCOP(=O)(COc1c(-c2ccc(O)c(O)c2)oc2cc(O)cc(O)c2c1=O)OCC. The molecule has 31 heavy (non-hydrogen) atoms. The van der Waals surface area contributed by atoms with Gasteiger partial charge in [0.1, 0.15) is 22.5 Å². The Hall–Kier alpha value is -3.20. The summed E-state index contributed by atoms with van der Waals surface area (Å²) >= 11 is 0. The van der Waals surface area contributed by atoms with E-state index in [0.717, 1.165) is 18.2 Å². The summed E-state index contributed by atoms with van der Waals surface area (Å²) in [5, 5.41) is 39.0. The quantitative estimate of drug-likeness (QED) is 0.292. The lowest BCUT2D eigenvalue weighted by Gasteiger charge is -2.18. The van der Waals surface area contributed by atoms with Gasteiger partial charge in [-0.1, -0.05) is 0 Å². The van der Waals surface area contributed by atoms with Gasteiger partial charge in [0.25, 0.3) is 0 Å². The van der Waals surface area contributed by atoms with Crippen LogP contribution in [-0.2, 0) is 13.6 Å². The standard InChI is InChI=1S/C20H21O10P/c1-3-28-31(26,29-4-2)10-27-20-18(25)17-15(24)8-12(21)9-16(17)30-19(20)11-5-6-13(22)14(23)7-11/h5-9,21-24H,3-4,10H2,1-2H3. The summed E-state index contributed by atoms with van der Waals surface area (Å²) < 4.78 is 34.3. The van der Waals surface area contributed by atoms with Crippen LogP contribution in [0, 0.1) is 0 Å². The van der Waals surface area contributed by atoms with Crippen LogP contribution in [0.2, 0.25) is 0 Å². The number of aromatic hydroxyl groups is 4. The minimum atomic E-state index is -3.71. The van der Waals surface area contributed by atoms with Crippen LogP contribution in [0.4, 0.5) is 0 Å². The number of fused-ring (bicyclic) bond motifs is 1. The molecule has 0 spiro atoms. The van der Waals surface area contributed by atoms with Crippen LogP contribution >= 0.6 is 7.60 Å². The van der Waals surface area contributed by atoms with Crippen molar-refractivity contribution < 1.29 is 43.2 Å². The first kappa shape index (κ1) is 22.5. The van der Waals surface area contributed by atoms with Gasteiger partial charge >= 0.3 is 7.60 Å². The van der Waals surface area contributed by atoms with Crippen molar-refractivity contribution in [2.75, 3.05) is 19.6 Å². The van der Waals surface area contributed by atoms with Gasteiger partial charge in [0, 0.05) is 17.7 Å². The van der Waals surface area contributed by atoms with E-state index in [1.165, 1.54) is 12.1 Å². The second-order valence-electron chi connectivity index (χ2n) is 6.35. The van der Waals surface area contributed by atoms with E-state index in [0.29, 0.717) is 0 Å². The average Bonchev–Trinajstić information content (AvgIpc) is 2.69. The van der Waals surface area contributed by atoms with E-state index in [9.17, 15) is 29.8 Å². The fourth-order valence-corrected chi connectivity index (χ4v) is 4.20. The van der Waals surface area contributed by atoms with Crippen molar-refractivity contribution in [1.29, 1.82) is 0 Å². The van der Waals surface area contributed by atoms with E-state index in [1.807, 2.05) is 0 Å². The Morgan fingerprint density at radius 1 is 0.935 bits per heavy atom. The van der Waals surface area contributed by atoms with Gasteiger partial charge in [-0.05, 0) is 32.0 Å². The molecule has 0 aliphatic rings. The molecule has 0 aliphatic carbocycles. The highest BCUT2D eigenvalue weighted by Gasteiger charge is 2.28. The molecule has 0 amide bonds. The summed E-state index contributed by atoms with van der Waals surface area (Å²) in [5.74, 6) is -2.42. The smallest absolute Gasteiger partial charge is 0.367 e. The first-order valence-electron chi connectivity index (χ1n) is 9.25. The summed E-state index contributed by atoms with van der Waals surface area (Å²) in [7, 11) is -3.71. The molecule has 11 heteroatoms. The summed E-state index contributed by atoms with van der Waals surface area (Å²) in [6, 6.07) is 5.72. The molecule has 0 fully saturated rings. The van der Waals surface area contributed by atoms with Crippen molar-refractivity contribution >= 4 is 18.6 Å². The number of phenols is 4. The highest BCUT2D eigenvalue weighted by atomic mass is 31.2. The van der Waals surface area contributed by atoms with Gasteiger partial charge in [0.05, 0.1) is 13.2 Å². The average molecular weight is 452 g/mol. The molecular formula is C20H21O10P.